The third-order valence-corrected chi connectivity index (χ3v) is 1.82. The molecule has 0 heterocycles. The van der Waals surface area contributed by atoms with E-state index in [9.17, 15) is 8.78 Å². The maximum atomic E-state index is 13.1. The monoisotopic (exact) mass is 202 g/mol. The Morgan fingerprint density at radius 2 is 2.08 bits per heavy atom. The second kappa shape index (κ2) is 3.69. The van der Waals surface area contributed by atoms with E-state index in [1.54, 1.807) is 0 Å². The van der Waals surface area contributed by atoms with Gasteiger partial charge in [0.15, 0.2) is 5.82 Å². The fraction of sp³-hybridized carbons (Fsp3) is 0.125. The van der Waals surface area contributed by atoms with Crippen molar-refractivity contribution < 1.29 is 8.78 Å². The molecule has 13 heavy (non-hydrogen) atoms. The number of halogens is 3. The first-order chi connectivity index (χ1) is 6.07. The van der Waals surface area contributed by atoms with Gasteiger partial charge in [0.2, 0.25) is 0 Å². The smallest absolute Gasteiger partial charge is 0.150 e. The van der Waals surface area contributed by atoms with Crippen LogP contribution < -0.4 is 5.73 Å². The van der Waals surface area contributed by atoms with Crippen LogP contribution in [0.25, 0.3) is 0 Å². The Kier molecular flexibility index (Phi) is 2.81. The van der Waals surface area contributed by atoms with Crippen LogP contribution in [0.15, 0.2) is 12.1 Å². The molecule has 68 valence electrons. The molecule has 2 nitrogen and oxygen atoms in total. The van der Waals surface area contributed by atoms with Gasteiger partial charge in [0.05, 0.1) is 16.7 Å². The van der Waals surface area contributed by atoms with Gasteiger partial charge in [0.25, 0.3) is 0 Å². The summed E-state index contributed by atoms with van der Waals surface area (Å²) in [5.74, 6) is -1.84. The van der Waals surface area contributed by atoms with E-state index in [4.69, 9.17) is 22.6 Å². The molecule has 0 spiro atoms. The predicted molar refractivity (Wildman–Crippen MR) is 43.9 cm³/mol. The summed E-state index contributed by atoms with van der Waals surface area (Å²) >= 11 is 5.38. The normalized spacial score (nSPS) is 12.2. The van der Waals surface area contributed by atoms with Crippen LogP contribution in [0.3, 0.4) is 0 Å². The number of nitriles is 1. The van der Waals surface area contributed by atoms with Crippen LogP contribution in [0.2, 0.25) is 5.02 Å². The highest BCUT2D eigenvalue weighted by molar-refractivity contribution is 6.30. The fourth-order valence-corrected chi connectivity index (χ4v) is 1.06. The lowest BCUT2D eigenvalue weighted by Gasteiger charge is -2.06. The van der Waals surface area contributed by atoms with Gasteiger partial charge in [-0.3, -0.25) is 0 Å². The van der Waals surface area contributed by atoms with E-state index in [2.05, 4.69) is 0 Å². The summed E-state index contributed by atoms with van der Waals surface area (Å²) < 4.78 is 26.0. The molecule has 1 unspecified atom stereocenters. The highest BCUT2D eigenvalue weighted by Crippen LogP contribution is 2.24. The van der Waals surface area contributed by atoms with Gasteiger partial charge in [0.1, 0.15) is 11.9 Å². The van der Waals surface area contributed by atoms with Crippen molar-refractivity contribution in [2.45, 2.75) is 6.04 Å². The average Bonchev–Trinajstić information content (AvgIpc) is 2.12. The third-order valence-electron chi connectivity index (χ3n) is 1.53. The van der Waals surface area contributed by atoms with E-state index >= 15 is 0 Å². The van der Waals surface area contributed by atoms with E-state index in [1.165, 1.54) is 6.07 Å². The molecular weight excluding hydrogens is 198 g/mol. The molecule has 1 aromatic carbocycles. The van der Waals surface area contributed by atoms with Crippen LogP contribution in [0.1, 0.15) is 11.6 Å². The first-order valence-corrected chi connectivity index (χ1v) is 3.74. The van der Waals surface area contributed by atoms with Gasteiger partial charge in [-0.25, -0.2) is 8.78 Å². The topological polar surface area (TPSA) is 49.8 Å². The van der Waals surface area contributed by atoms with Crippen molar-refractivity contribution in [3.8, 4) is 6.07 Å². The molecule has 5 heteroatoms. The Morgan fingerprint density at radius 1 is 1.46 bits per heavy atom. The molecule has 0 fully saturated rings. The Bertz CT molecular complexity index is 373. The highest BCUT2D eigenvalue weighted by atomic mass is 35.5. The van der Waals surface area contributed by atoms with Crippen molar-refractivity contribution in [3.05, 3.63) is 34.4 Å². The minimum absolute atomic E-state index is 0.248. The van der Waals surface area contributed by atoms with Gasteiger partial charge in [-0.15, -0.1) is 0 Å². The van der Waals surface area contributed by atoms with Crippen LogP contribution in [-0.2, 0) is 0 Å². The third kappa shape index (κ3) is 1.77. The second-order valence-electron chi connectivity index (χ2n) is 2.36. The van der Waals surface area contributed by atoms with Crippen molar-refractivity contribution in [2.75, 3.05) is 0 Å². The zero-order valence-electron chi connectivity index (χ0n) is 6.39. The van der Waals surface area contributed by atoms with Crippen LogP contribution in [-0.4, -0.2) is 0 Å². The summed E-state index contributed by atoms with van der Waals surface area (Å²) in [6.45, 7) is 0. The van der Waals surface area contributed by atoms with E-state index in [1.807, 2.05) is 0 Å². The minimum Gasteiger partial charge on any atom is -0.312 e. The molecule has 0 amide bonds. The Labute approximate surface area is 78.5 Å². The molecule has 0 saturated carbocycles. The average molecular weight is 203 g/mol. The zero-order valence-corrected chi connectivity index (χ0v) is 7.15. The standard InChI is InChI=1S/C8H5ClF2N2/c9-4-1-2-5(10)7(8(4)11)6(13)3-12/h1-2,6H,13H2. The first-order valence-electron chi connectivity index (χ1n) is 3.36. The maximum absolute atomic E-state index is 13.1. The predicted octanol–water partition coefficient (Wildman–Crippen LogP) is 2.14. The summed E-state index contributed by atoms with van der Waals surface area (Å²) in [5, 5.41) is 8.13. The Balaban J connectivity index is 3.35. The zero-order chi connectivity index (χ0) is 10.0. The van der Waals surface area contributed by atoms with Gasteiger partial charge in [0, 0.05) is 0 Å². The van der Waals surface area contributed by atoms with Gasteiger partial charge in [-0.2, -0.15) is 5.26 Å². The molecule has 0 radical (unpaired) electrons. The first kappa shape index (κ1) is 9.90. The van der Waals surface area contributed by atoms with E-state index in [0.29, 0.717) is 0 Å². The largest absolute Gasteiger partial charge is 0.312 e. The van der Waals surface area contributed by atoms with Crippen LogP contribution in [0.4, 0.5) is 8.78 Å². The molecule has 0 aromatic heterocycles. The number of rotatable bonds is 1. The van der Waals surface area contributed by atoms with Gasteiger partial charge in [-0.05, 0) is 12.1 Å². The quantitative estimate of drug-likeness (QED) is 0.710. The summed E-state index contributed by atoms with van der Waals surface area (Å²) in [5.41, 5.74) is 4.67. The van der Waals surface area contributed by atoms with Crippen molar-refractivity contribution in [1.82, 2.24) is 0 Å². The molecule has 0 saturated heterocycles. The van der Waals surface area contributed by atoms with E-state index < -0.39 is 23.2 Å². The van der Waals surface area contributed by atoms with Crippen molar-refractivity contribution in [3.63, 3.8) is 0 Å². The number of nitrogens with two attached hydrogens (primary N) is 1. The number of hydrogen-bond acceptors (Lipinski definition) is 2. The molecule has 1 rings (SSSR count). The van der Waals surface area contributed by atoms with Crippen molar-refractivity contribution in [1.29, 1.82) is 5.26 Å². The SMILES string of the molecule is N#CC(N)c1c(F)ccc(Cl)c1F. The summed E-state index contributed by atoms with van der Waals surface area (Å²) in [4.78, 5) is 0. The summed E-state index contributed by atoms with van der Waals surface area (Å²) in [6, 6.07) is 2.23. The van der Waals surface area contributed by atoms with Crippen molar-refractivity contribution >= 4 is 11.6 Å². The number of nitrogens with zero attached hydrogens (tertiary/aromatic N) is 1. The molecule has 1 aromatic rings. The number of benzene rings is 1. The molecule has 0 aliphatic carbocycles. The summed E-state index contributed by atoms with van der Waals surface area (Å²) in [6.07, 6.45) is 0. The fourth-order valence-electron chi connectivity index (χ4n) is 0.892. The van der Waals surface area contributed by atoms with Crippen LogP contribution in [0, 0.1) is 23.0 Å². The number of hydrogen-bond donors (Lipinski definition) is 1. The Hall–Kier alpha value is -1.18. The molecule has 0 bridgehead atoms. The van der Waals surface area contributed by atoms with Crippen LogP contribution >= 0.6 is 11.6 Å². The van der Waals surface area contributed by atoms with Gasteiger partial charge >= 0.3 is 0 Å². The highest BCUT2D eigenvalue weighted by Gasteiger charge is 2.18. The van der Waals surface area contributed by atoms with E-state index in [0.717, 1.165) is 12.1 Å². The molecule has 1 atom stereocenters. The van der Waals surface area contributed by atoms with E-state index in [-0.39, 0.29) is 5.02 Å². The lowest BCUT2D eigenvalue weighted by molar-refractivity contribution is 0.548. The molecule has 0 aliphatic heterocycles. The molecule has 0 aliphatic rings. The maximum Gasteiger partial charge on any atom is 0.150 e. The van der Waals surface area contributed by atoms with Gasteiger partial charge in [-0.1, -0.05) is 11.6 Å². The van der Waals surface area contributed by atoms with Gasteiger partial charge < -0.3 is 5.73 Å². The minimum atomic E-state index is -1.33. The summed E-state index contributed by atoms with van der Waals surface area (Å²) in [7, 11) is 0. The molecule has 2 N–H and O–H groups in total. The molecular formula is C8H5ClF2N2. The van der Waals surface area contributed by atoms with Crippen molar-refractivity contribution in [2.24, 2.45) is 5.73 Å². The lowest BCUT2D eigenvalue weighted by Crippen LogP contribution is -2.12. The lowest BCUT2D eigenvalue weighted by atomic mass is 10.1. The Morgan fingerprint density at radius 3 is 2.62 bits per heavy atom. The second-order valence-corrected chi connectivity index (χ2v) is 2.77. The van der Waals surface area contributed by atoms with Crippen LogP contribution in [0.5, 0.6) is 0 Å².